The second-order valence-corrected chi connectivity index (χ2v) is 7.33. The minimum Gasteiger partial charge on any atom is -0.256 e. The number of rotatable bonds is 4. The average Bonchev–Trinajstić information content (AvgIpc) is 3.01. The minimum absolute atomic E-state index is 0.145. The van der Waals surface area contributed by atoms with Gasteiger partial charge in [-0.3, -0.25) is 4.98 Å². The summed E-state index contributed by atoms with van der Waals surface area (Å²) in [4.78, 5) is 4.63. The zero-order chi connectivity index (χ0) is 14.9. The van der Waals surface area contributed by atoms with E-state index in [0.717, 1.165) is 31.2 Å². The predicted octanol–water partition coefficient (Wildman–Crippen LogP) is 3.19. The quantitative estimate of drug-likeness (QED) is 0.871. The van der Waals surface area contributed by atoms with E-state index in [-0.39, 0.29) is 6.04 Å². The van der Waals surface area contributed by atoms with Crippen LogP contribution >= 0.6 is 0 Å². The summed E-state index contributed by atoms with van der Waals surface area (Å²) in [5.41, 5.74) is 0.723. The Hall–Kier alpha value is -1.46. The molecule has 1 aliphatic carbocycles. The van der Waals surface area contributed by atoms with E-state index >= 15 is 0 Å². The molecule has 0 bridgehead atoms. The molecule has 0 saturated heterocycles. The van der Waals surface area contributed by atoms with Gasteiger partial charge in [-0.2, -0.15) is 4.31 Å². The van der Waals surface area contributed by atoms with Crippen molar-refractivity contribution >= 4 is 20.9 Å². The first-order valence-corrected chi connectivity index (χ1v) is 8.94. The summed E-state index contributed by atoms with van der Waals surface area (Å²) in [6.45, 7) is 2.43. The van der Waals surface area contributed by atoms with Gasteiger partial charge in [-0.05, 0) is 37.1 Å². The van der Waals surface area contributed by atoms with E-state index in [1.54, 1.807) is 28.7 Å². The second kappa shape index (κ2) is 5.73. The van der Waals surface area contributed by atoms with Crippen molar-refractivity contribution in [1.29, 1.82) is 0 Å². The van der Waals surface area contributed by atoms with E-state index < -0.39 is 10.0 Å². The van der Waals surface area contributed by atoms with Gasteiger partial charge in [0.05, 0.1) is 10.4 Å². The van der Waals surface area contributed by atoms with Gasteiger partial charge in [-0.25, -0.2) is 8.42 Å². The monoisotopic (exact) mass is 304 g/mol. The highest BCUT2D eigenvalue weighted by Crippen LogP contribution is 2.31. The van der Waals surface area contributed by atoms with Crippen molar-refractivity contribution in [3.8, 4) is 0 Å². The Kier molecular flexibility index (Phi) is 3.95. The van der Waals surface area contributed by atoms with Crippen molar-refractivity contribution in [3.63, 3.8) is 0 Å². The first-order chi connectivity index (χ1) is 10.1. The van der Waals surface area contributed by atoms with Gasteiger partial charge in [0.25, 0.3) is 0 Å². The van der Waals surface area contributed by atoms with Crippen molar-refractivity contribution in [2.45, 2.75) is 43.5 Å². The molecule has 0 spiro atoms. The molecule has 1 heterocycles. The van der Waals surface area contributed by atoms with Crippen LogP contribution in [0, 0.1) is 0 Å². The van der Waals surface area contributed by atoms with E-state index in [0.29, 0.717) is 16.8 Å². The van der Waals surface area contributed by atoms with Crippen molar-refractivity contribution in [2.75, 3.05) is 6.54 Å². The van der Waals surface area contributed by atoms with Gasteiger partial charge in [0.2, 0.25) is 10.0 Å². The highest BCUT2D eigenvalue weighted by Gasteiger charge is 2.32. The molecule has 4 nitrogen and oxygen atoms in total. The highest BCUT2D eigenvalue weighted by molar-refractivity contribution is 7.89. The summed E-state index contributed by atoms with van der Waals surface area (Å²) < 4.78 is 27.8. The molecule has 21 heavy (non-hydrogen) atoms. The lowest BCUT2D eigenvalue weighted by molar-refractivity contribution is 0.336. The van der Waals surface area contributed by atoms with Crippen LogP contribution in [-0.4, -0.2) is 30.3 Å². The van der Waals surface area contributed by atoms with Crippen LogP contribution in [0.5, 0.6) is 0 Å². The van der Waals surface area contributed by atoms with E-state index in [1.165, 1.54) is 0 Å². The van der Waals surface area contributed by atoms with Crippen molar-refractivity contribution < 1.29 is 8.42 Å². The molecule has 1 aliphatic rings. The molecule has 0 aliphatic heterocycles. The van der Waals surface area contributed by atoms with E-state index in [4.69, 9.17) is 0 Å². The molecular formula is C16H20N2O2S. The molecule has 0 N–H and O–H groups in total. The first-order valence-electron chi connectivity index (χ1n) is 7.50. The van der Waals surface area contributed by atoms with Crippen molar-refractivity contribution in [1.82, 2.24) is 9.29 Å². The summed E-state index contributed by atoms with van der Waals surface area (Å²) in [6, 6.07) is 9.07. The van der Waals surface area contributed by atoms with Crippen molar-refractivity contribution in [3.05, 3.63) is 36.5 Å². The average molecular weight is 304 g/mol. The normalized spacial score (nSPS) is 16.9. The first kappa shape index (κ1) is 14.5. The summed E-state index contributed by atoms with van der Waals surface area (Å²) in [6.07, 6.45) is 5.86. The number of pyridine rings is 1. The van der Waals surface area contributed by atoms with Gasteiger partial charge in [-0.1, -0.05) is 25.8 Å². The molecule has 0 atom stereocenters. The molecule has 112 valence electrons. The Bertz CT molecular complexity index is 732. The van der Waals surface area contributed by atoms with Gasteiger partial charge in [0, 0.05) is 24.2 Å². The van der Waals surface area contributed by atoms with Gasteiger partial charge < -0.3 is 0 Å². The molecule has 1 saturated carbocycles. The summed E-state index contributed by atoms with van der Waals surface area (Å²) in [7, 11) is -3.47. The molecule has 3 rings (SSSR count). The van der Waals surface area contributed by atoms with Crippen LogP contribution in [0.1, 0.15) is 32.6 Å². The third-order valence-corrected chi connectivity index (χ3v) is 6.32. The number of nitrogens with zero attached hydrogens (tertiary/aromatic N) is 2. The maximum Gasteiger partial charge on any atom is 0.243 e. The Morgan fingerprint density at radius 2 is 1.95 bits per heavy atom. The van der Waals surface area contributed by atoms with Crippen LogP contribution in [0.2, 0.25) is 0 Å². The Morgan fingerprint density at radius 3 is 2.67 bits per heavy atom. The van der Waals surface area contributed by atoms with Gasteiger partial charge >= 0.3 is 0 Å². The van der Waals surface area contributed by atoms with Crippen LogP contribution in [-0.2, 0) is 10.0 Å². The van der Waals surface area contributed by atoms with Crippen LogP contribution in [0.4, 0.5) is 0 Å². The maximum absolute atomic E-state index is 13.1. The lowest BCUT2D eigenvalue weighted by atomic mass is 10.2. The van der Waals surface area contributed by atoms with E-state index in [9.17, 15) is 8.42 Å². The number of aromatic nitrogens is 1. The number of sulfonamides is 1. The molecule has 0 radical (unpaired) electrons. The fraction of sp³-hybridized carbons (Fsp3) is 0.438. The predicted molar refractivity (Wildman–Crippen MR) is 83.6 cm³/mol. The minimum atomic E-state index is -3.47. The van der Waals surface area contributed by atoms with Gasteiger partial charge in [0.1, 0.15) is 0 Å². The smallest absolute Gasteiger partial charge is 0.243 e. The fourth-order valence-electron chi connectivity index (χ4n) is 3.24. The van der Waals surface area contributed by atoms with Crippen LogP contribution in [0.3, 0.4) is 0 Å². The number of fused-ring (bicyclic) bond motifs is 1. The van der Waals surface area contributed by atoms with E-state index in [1.807, 2.05) is 19.1 Å². The van der Waals surface area contributed by atoms with Crippen LogP contribution < -0.4 is 0 Å². The fourth-order valence-corrected chi connectivity index (χ4v) is 5.14. The molecule has 2 aromatic rings. The standard InChI is InChI=1S/C16H20N2O2S/c1-2-18(13-7-3-4-8-13)21(19,20)16-11-5-10-15-14(16)9-6-12-17-15/h5-6,9-13H,2-4,7-8H2,1H3. The Balaban J connectivity index is 2.11. The summed E-state index contributed by atoms with van der Waals surface area (Å²) in [5, 5.41) is 0.705. The van der Waals surface area contributed by atoms with E-state index in [2.05, 4.69) is 4.98 Å². The number of hydrogen-bond acceptors (Lipinski definition) is 3. The molecule has 1 fully saturated rings. The zero-order valence-electron chi connectivity index (χ0n) is 12.2. The summed E-state index contributed by atoms with van der Waals surface area (Å²) >= 11 is 0. The number of hydrogen-bond donors (Lipinski definition) is 0. The van der Waals surface area contributed by atoms with Gasteiger partial charge in [-0.15, -0.1) is 0 Å². The highest BCUT2D eigenvalue weighted by atomic mass is 32.2. The second-order valence-electron chi connectivity index (χ2n) is 5.47. The maximum atomic E-state index is 13.1. The Labute approximate surface area is 125 Å². The van der Waals surface area contributed by atoms with Gasteiger partial charge in [0.15, 0.2) is 0 Å². The Morgan fingerprint density at radius 1 is 1.19 bits per heavy atom. The molecule has 5 heteroatoms. The van der Waals surface area contributed by atoms with Crippen LogP contribution in [0.15, 0.2) is 41.4 Å². The van der Waals surface area contributed by atoms with Crippen molar-refractivity contribution in [2.24, 2.45) is 0 Å². The third kappa shape index (κ3) is 2.56. The molecule has 0 unspecified atom stereocenters. The lowest BCUT2D eigenvalue weighted by Gasteiger charge is -2.27. The third-order valence-electron chi connectivity index (χ3n) is 4.24. The molecular weight excluding hydrogens is 284 g/mol. The zero-order valence-corrected chi connectivity index (χ0v) is 13.0. The summed E-state index contributed by atoms with van der Waals surface area (Å²) in [5.74, 6) is 0. The molecule has 1 aromatic carbocycles. The van der Waals surface area contributed by atoms with Crippen LogP contribution in [0.25, 0.3) is 10.9 Å². The topological polar surface area (TPSA) is 50.3 Å². The molecule has 0 amide bonds. The SMILES string of the molecule is CCN(C1CCCC1)S(=O)(=O)c1cccc2ncccc12. The lowest BCUT2D eigenvalue weighted by Crippen LogP contribution is -2.38. The molecule has 1 aromatic heterocycles. The largest absolute Gasteiger partial charge is 0.256 e. The number of benzene rings is 1.